The van der Waals surface area contributed by atoms with Crippen LogP contribution in [0.4, 0.5) is 0 Å². The standard InChI is InChI=1S/C13H19NO2/c1-4-12(14-13(15)9-16-3)11-8-6-5-7-10(11)2/h5-8,12H,4,9H2,1-3H3,(H,14,15). The largest absolute Gasteiger partial charge is 0.375 e. The van der Waals surface area contributed by atoms with Crippen LogP contribution in [0.3, 0.4) is 0 Å². The van der Waals surface area contributed by atoms with Gasteiger partial charge >= 0.3 is 0 Å². The zero-order valence-corrected chi connectivity index (χ0v) is 10.1. The van der Waals surface area contributed by atoms with Crippen LogP contribution >= 0.6 is 0 Å². The van der Waals surface area contributed by atoms with Crippen molar-refractivity contribution >= 4 is 5.91 Å². The van der Waals surface area contributed by atoms with Crippen molar-refractivity contribution in [3.8, 4) is 0 Å². The van der Waals surface area contributed by atoms with Crippen LogP contribution < -0.4 is 5.32 Å². The lowest BCUT2D eigenvalue weighted by Crippen LogP contribution is -2.31. The van der Waals surface area contributed by atoms with Gasteiger partial charge in [-0.1, -0.05) is 31.2 Å². The molecule has 88 valence electrons. The maximum Gasteiger partial charge on any atom is 0.246 e. The molecule has 3 nitrogen and oxygen atoms in total. The zero-order valence-electron chi connectivity index (χ0n) is 10.1. The summed E-state index contributed by atoms with van der Waals surface area (Å²) in [5.74, 6) is -0.0717. The minimum Gasteiger partial charge on any atom is -0.375 e. The molecule has 1 rings (SSSR count). The summed E-state index contributed by atoms with van der Waals surface area (Å²) < 4.78 is 4.80. The molecule has 0 heterocycles. The summed E-state index contributed by atoms with van der Waals surface area (Å²) in [7, 11) is 1.52. The number of ether oxygens (including phenoxy) is 1. The molecule has 0 saturated heterocycles. The molecule has 0 aliphatic carbocycles. The van der Waals surface area contributed by atoms with Crippen molar-refractivity contribution in [3.05, 3.63) is 35.4 Å². The van der Waals surface area contributed by atoms with Crippen molar-refractivity contribution < 1.29 is 9.53 Å². The number of benzene rings is 1. The first-order valence-electron chi connectivity index (χ1n) is 5.52. The molecular formula is C13H19NO2. The maximum absolute atomic E-state index is 11.5. The molecule has 0 aliphatic heterocycles. The monoisotopic (exact) mass is 221 g/mol. The number of amides is 1. The highest BCUT2D eigenvalue weighted by atomic mass is 16.5. The quantitative estimate of drug-likeness (QED) is 0.827. The Hall–Kier alpha value is -1.35. The molecule has 0 spiro atoms. The van der Waals surface area contributed by atoms with E-state index in [0.717, 1.165) is 6.42 Å². The molecule has 1 unspecified atom stereocenters. The van der Waals surface area contributed by atoms with Gasteiger partial charge in [0, 0.05) is 7.11 Å². The molecule has 1 aromatic rings. The summed E-state index contributed by atoms with van der Waals surface area (Å²) in [6.45, 7) is 4.23. The second kappa shape index (κ2) is 6.28. The van der Waals surface area contributed by atoms with Gasteiger partial charge in [0.15, 0.2) is 0 Å². The Bertz CT molecular complexity index is 350. The van der Waals surface area contributed by atoms with E-state index in [-0.39, 0.29) is 18.6 Å². The first kappa shape index (κ1) is 12.7. The summed E-state index contributed by atoms with van der Waals surface area (Å²) >= 11 is 0. The van der Waals surface area contributed by atoms with Gasteiger partial charge in [0.05, 0.1) is 6.04 Å². The van der Waals surface area contributed by atoms with E-state index in [1.54, 1.807) is 0 Å². The third-order valence-electron chi connectivity index (χ3n) is 2.58. The fraction of sp³-hybridized carbons (Fsp3) is 0.462. The number of hydrogen-bond donors (Lipinski definition) is 1. The summed E-state index contributed by atoms with van der Waals surface area (Å²) in [5, 5.41) is 2.96. The lowest BCUT2D eigenvalue weighted by molar-refractivity contribution is -0.125. The summed E-state index contributed by atoms with van der Waals surface area (Å²) in [6, 6.07) is 8.18. The number of methoxy groups -OCH3 is 1. The number of nitrogens with one attached hydrogen (secondary N) is 1. The number of aryl methyl sites for hydroxylation is 1. The van der Waals surface area contributed by atoms with Crippen molar-refractivity contribution in [1.29, 1.82) is 0 Å². The van der Waals surface area contributed by atoms with E-state index in [1.165, 1.54) is 18.2 Å². The van der Waals surface area contributed by atoms with Gasteiger partial charge in [-0.15, -0.1) is 0 Å². The van der Waals surface area contributed by atoms with Gasteiger partial charge < -0.3 is 10.1 Å². The molecule has 0 aromatic heterocycles. The van der Waals surface area contributed by atoms with Crippen LogP contribution in [0.2, 0.25) is 0 Å². The van der Waals surface area contributed by atoms with Gasteiger partial charge in [0.25, 0.3) is 0 Å². The smallest absolute Gasteiger partial charge is 0.246 e. The second-order valence-corrected chi connectivity index (χ2v) is 3.82. The topological polar surface area (TPSA) is 38.3 Å². The van der Waals surface area contributed by atoms with Crippen molar-refractivity contribution in [1.82, 2.24) is 5.32 Å². The van der Waals surface area contributed by atoms with E-state index in [9.17, 15) is 4.79 Å². The fourth-order valence-corrected chi connectivity index (χ4v) is 1.74. The van der Waals surface area contributed by atoms with Gasteiger partial charge in [0.1, 0.15) is 6.61 Å². The lowest BCUT2D eigenvalue weighted by atomic mass is 9.99. The fourth-order valence-electron chi connectivity index (χ4n) is 1.74. The highest BCUT2D eigenvalue weighted by Gasteiger charge is 2.13. The van der Waals surface area contributed by atoms with Crippen LogP contribution in [0.5, 0.6) is 0 Å². The van der Waals surface area contributed by atoms with E-state index < -0.39 is 0 Å². The van der Waals surface area contributed by atoms with E-state index in [0.29, 0.717) is 0 Å². The highest BCUT2D eigenvalue weighted by Crippen LogP contribution is 2.19. The third-order valence-corrected chi connectivity index (χ3v) is 2.58. The maximum atomic E-state index is 11.5. The van der Waals surface area contributed by atoms with Gasteiger partial charge in [-0.2, -0.15) is 0 Å². The Morgan fingerprint density at radius 3 is 2.69 bits per heavy atom. The van der Waals surface area contributed by atoms with Gasteiger partial charge in [-0.3, -0.25) is 4.79 Å². The molecule has 1 N–H and O–H groups in total. The number of hydrogen-bond acceptors (Lipinski definition) is 2. The average Bonchev–Trinajstić information content (AvgIpc) is 2.27. The van der Waals surface area contributed by atoms with Gasteiger partial charge in [-0.25, -0.2) is 0 Å². The molecule has 0 bridgehead atoms. The summed E-state index contributed by atoms with van der Waals surface area (Å²) in [5.41, 5.74) is 2.38. The van der Waals surface area contributed by atoms with Crippen LogP contribution in [0, 0.1) is 6.92 Å². The van der Waals surface area contributed by atoms with Crippen LogP contribution in [0.1, 0.15) is 30.5 Å². The van der Waals surface area contributed by atoms with Crippen molar-refractivity contribution in [2.75, 3.05) is 13.7 Å². The second-order valence-electron chi connectivity index (χ2n) is 3.82. The molecule has 0 aliphatic rings. The van der Waals surface area contributed by atoms with E-state index in [4.69, 9.17) is 4.74 Å². The molecule has 0 fully saturated rings. The summed E-state index contributed by atoms with van der Waals surface area (Å²) in [4.78, 5) is 11.5. The normalized spacial score (nSPS) is 12.2. The van der Waals surface area contributed by atoms with Crippen molar-refractivity contribution in [3.63, 3.8) is 0 Å². The molecular weight excluding hydrogens is 202 g/mol. The zero-order chi connectivity index (χ0) is 12.0. The van der Waals surface area contributed by atoms with Crippen LogP contribution in [-0.4, -0.2) is 19.6 Å². The van der Waals surface area contributed by atoms with Crippen molar-refractivity contribution in [2.24, 2.45) is 0 Å². The van der Waals surface area contributed by atoms with Gasteiger partial charge in [-0.05, 0) is 24.5 Å². The lowest BCUT2D eigenvalue weighted by Gasteiger charge is -2.19. The predicted molar refractivity (Wildman–Crippen MR) is 64.2 cm³/mol. The Morgan fingerprint density at radius 2 is 2.12 bits per heavy atom. The van der Waals surface area contributed by atoms with Crippen LogP contribution in [0.15, 0.2) is 24.3 Å². The molecule has 1 amide bonds. The third kappa shape index (κ3) is 3.35. The SMILES string of the molecule is CCC(NC(=O)COC)c1ccccc1C. The van der Waals surface area contributed by atoms with Crippen LogP contribution in [0.25, 0.3) is 0 Å². The highest BCUT2D eigenvalue weighted by molar-refractivity contribution is 5.77. The predicted octanol–water partition coefficient (Wildman–Crippen LogP) is 2.21. The Labute approximate surface area is 96.8 Å². The molecule has 16 heavy (non-hydrogen) atoms. The first-order valence-corrected chi connectivity index (χ1v) is 5.52. The number of rotatable bonds is 5. The minimum absolute atomic E-state index is 0.0717. The van der Waals surface area contributed by atoms with Crippen LogP contribution in [-0.2, 0) is 9.53 Å². The Balaban J connectivity index is 2.75. The Morgan fingerprint density at radius 1 is 1.44 bits per heavy atom. The minimum atomic E-state index is -0.0717. The van der Waals surface area contributed by atoms with E-state index in [2.05, 4.69) is 31.3 Å². The molecule has 1 atom stereocenters. The Kier molecular flexibility index (Phi) is 4.99. The van der Waals surface area contributed by atoms with E-state index >= 15 is 0 Å². The van der Waals surface area contributed by atoms with Crippen molar-refractivity contribution in [2.45, 2.75) is 26.3 Å². The summed E-state index contributed by atoms with van der Waals surface area (Å²) in [6.07, 6.45) is 0.875. The molecule has 0 radical (unpaired) electrons. The number of carbonyl (C=O) groups is 1. The molecule has 0 saturated carbocycles. The molecule has 1 aromatic carbocycles. The first-order chi connectivity index (χ1) is 7.69. The average molecular weight is 221 g/mol. The van der Waals surface area contributed by atoms with E-state index in [1.807, 2.05) is 12.1 Å². The van der Waals surface area contributed by atoms with Gasteiger partial charge in [0.2, 0.25) is 5.91 Å². The number of carbonyl (C=O) groups excluding carboxylic acids is 1. The molecule has 3 heteroatoms.